The monoisotopic (exact) mass is 237 g/mol. The van der Waals surface area contributed by atoms with E-state index in [9.17, 15) is 9.90 Å². The van der Waals surface area contributed by atoms with Gasteiger partial charge in [0.25, 0.3) is 0 Å². The maximum absolute atomic E-state index is 10.3. The van der Waals surface area contributed by atoms with Crippen LogP contribution in [0.15, 0.2) is 12.1 Å². The number of nitrogens with one attached hydrogen (secondary N) is 1. The first-order valence-corrected chi connectivity index (χ1v) is 5.72. The van der Waals surface area contributed by atoms with Crippen LogP contribution >= 0.6 is 0 Å². The van der Waals surface area contributed by atoms with Crippen LogP contribution in [0.2, 0.25) is 0 Å². The van der Waals surface area contributed by atoms with Crippen molar-refractivity contribution < 1.29 is 15.0 Å². The quantitative estimate of drug-likeness (QED) is 0.661. The molecule has 0 saturated heterocycles. The highest BCUT2D eigenvalue weighted by Gasteiger charge is 2.03. The van der Waals surface area contributed by atoms with Crippen molar-refractivity contribution in [1.82, 2.24) is 5.32 Å². The maximum Gasteiger partial charge on any atom is 0.303 e. The van der Waals surface area contributed by atoms with Crippen molar-refractivity contribution in [3.63, 3.8) is 0 Å². The summed E-state index contributed by atoms with van der Waals surface area (Å²) in [5.74, 6) is -0.414. The van der Waals surface area contributed by atoms with Gasteiger partial charge in [-0.1, -0.05) is 12.1 Å². The number of hydrogen-bond acceptors (Lipinski definition) is 3. The lowest BCUT2D eigenvalue weighted by atomic mass is 10.1. The van der Waals surface area contributed by atoms with Crippen LogP contribution in [0.1, 0.15) is 29.5 Å². The highest BCUT2D eigenvalue weighted by atomic mass is 16.4. The van der Waals surface area contributed by atoms with Gasteiger partial charge in [-0.15, -0.1) is 0 Å². The second-order valence-electron chi connectivity index (χ2n) is 4.25. The number of aromatic hydroxyl groups is 1. The Morgan fingerprint density at radius 2 is 1.88 bits per heavy atom. The fourth-order valence-electron chi connectivity index (χ4n) is 1.74. The predicted octanol–water partition coefficient (Wildman–Crippen LogP) is 1.96. The molecule has 0 spiro atoms. The van der Waals surface area contributed by atoms with Crippen molar-refractivity contribution in [2.45, 2.75) is 33.2 Å². The molecule has 0 radical (unpaired) electrons. The van der Waals surface area contributed by atoms with E-state index in [1.807, 2.05) is 26.0 Å². The van der Waals surface area contributed by atoms with E-state index in [-0.39, 0.29) is 6.42 Å². The first kappa shape index (κ1) is 13.5. The lowest BCUT2D eigenvalue weighted by Crippen LogP contribution is -2.15. The van der Waals surface area contributed by atoms with Crippen LogP contribution < -0.4 is 5.32 Å². The van der Waals surface area contributed by atoms with Gasteiger partial charge in [0.05, 0.1) is 0 Å². The minimum absolute atomic E-state index is 0.195. The van der Waals surface area contributed by atoms with Crippen LogP contribution in [0, 0.1) is 13.8 Å². The number of benzene rings is 1. The normalized spacial score (nSPS) is 10.5. The summed E-state index contributed by atoms with van der Waals surface area (Å²) in [6, 6.07) is 3.87. The molecule has 1 aromatic carbocycles. The van der Waals surface area contributed by atoms with Crippen molar-refractivity contribution in [2.24, 2.45) is 0 Å². The molecule has 0 heterocycles. The van der Waals surface area contributed by atoms with E-state index in [0.29, 0.717) is 25.3 Å². The number of hydrogen-bond donors (Lipinski definition) is 3. The Morgan fingerprint density at radius 3 is 2.41 bits per heavy atom. The second-order valence-corrected chi connectivity index (χ2v) is 4.25. The van der Waals surface area contributed by atoms with Gasteiger partial charge in [-0.3, -0.25) is 4.79 Å². The van der Waals surface area contributed by atoms with E-state index in [4.69, 9.17) is 5.11 Å². The highest BCUT2D eigenvalue weighted by molar-refractivity contribution is 5.66. The summed E-state index contributed by atoms with van der Waals surface area (Å²) < 4.78 is 0. The molecule has 0 aliphatic carbocycles. The fraction of sp³-hybridized carbons (Fsp3) is 0.462. The standard InChI is InChI=1S/C13H19NO3/c1-9-6-11(7-10(2)13(9)17)8-14-5-3-4-12(15)16/h6-7,14,17H,3-5,8H2,1-2H3,(H,15,16). The smallest absolute Gasteiger partial charge is 0.303 e. The van der Waals surface area contributed by atoms with E-state index in [2.05, 4.69) is 5.32 Å². The number of carboxylic acid groups (broad SMARTS) is 1. The third-order valence-corrected chi connectivity index (χ3v) is 2.62. The molecule has 0 unspecified atom stereocenters. The molecule has 0 aliphatic heterocycles. The van der Waals surface area contributed by atoms with Crippen molar-refractivity contribution in [2.75, 3.05) is 6.54 Å². The molecular weight excluding hydrogens is 218 g/mol. The third kappa shape index (κ3) is 4.44. The Kier molecular flexibility index (Phi) is 4.97. The van der Waals surface area contributed by atoms with E-state index in [1.165, 1.54) is 0 Å². The third-order valence-electron chi connectivity index (χ3n) is 2.62. The molecule has 1 rings (SSSR count). The van der Waals surface area contributed by atoms with Crippen LogP contribution in [-0.2, 0) is 11.3 Å². The summed E-state index contributed by atoms with van der Waals surface area (Å²) in [6.45, 7) is 5.12. The van der Waals surface area contributed by atoms with Gasteiger partial charge in [-0.25, -0.2) is 0 Å². The van der Waals surface area contributed by atoms with Crippen molar-refractivity contribution in [1.29, 1.82) is 0 Å². The number of phenolic OH excluding ortho intramolecular Hbond substituents is 1. The summed E-state index contributed by atoms with van der Waals surface area (Å²) in [5.41, 5.74) is 2.84. The summed E-state index contributed by atoms with van der Waals surface area (Å²) >= 11 is 0. The number of phenols is 1. The van der Waals surface area contributed by atoms with E-state index in [1.54, 1.807) is 0 Å². The zero-order valence-electron chi connectivity index (χ0n) is 10.3. The number of aliphatic carboxylic acids is 1. The minimum Gasteiger partial charge on any atom is -0.507 e. The number of aryl methyl sites for hydroxylation is 2. The molecule has 0 atom stereocenters. The summed E-state index contributed by atoms with van der Waals surface area (Å²) in [5, 5.41) is 21.3. The molecule has 17 heavy (non-hydrogen) atoms. The van der Waals surface area contributed by atoms with Crippen LogP contribution in [-0.4, -0.2) is 22.7 Å². The first-order chi connectivity index (χ1) is 8.00. The Hall–Kier alpha value is -1.55. The predicted molar refractivity (Wildman–Crippen MR) is 66.2 cm³/mol. The average molecular weight is 237 g/mol. The molecule has 4 nitrogen and oxygen atoms in total. The topological polar surface area (TPSA) is 69.6 Å². The lowest BCUT2D eigenvalue weighted by molar-refractivity contribution is -0.137. The van der Waals surface area contributed by atoms with Gasteiger partial charge in [0, 0.05) is 13.0 Å². The minimum atomic E-state index is -0.761. The van der Waals surface area contributed by atoms with Gasteiger partial charge in [0.2, 0.25) is 0 Å². The molecular formula is C13H19NO3. The molecule has 0 saturated carbocycles. The number of carboxylic acids is 1. The molecule has 94 valence electrons. The van der Waals surface area contributed by atoms with Crippen molar-refractivity contribution >= 4 is 5.97 Å². The van der Waals surface area contributed by atoms with Crippen LogP contribution in [0.4, 0.5) is 0 Å². The van der Waals surface area contributed by atoms with Crippen molar-refractivity contribution in [3.05, 3.63) is 28.8 Å². The van der Waals surface area contributed by atoms with E-state index >= 15 is 0 Å². The van der Waals surface area contributed by atoms with Crippen molar-refractivity contribution in [3.8, 4) is 5.75 Å². The Labute approximate surface area is 101 Å². The van der Waals surface area contributed by atoms with Crippen LogP contribution in [0.5, 0.6) is 5.75 Å². The second kappa shape index (κ2) is 6.25. The zero-order chi connectivity index (χ0) is 12.8. The van der Waals surface area contributed by atoms with Gasteiger partial charge < -0.3 is 15.5 Å². The number of rotatable bonds is 6. The van der Waals surface area contributed by atoms with Crippen LogP contribution in [0.25, 0.3) is 0 Å². The molecule has 0 fully saturated rings. The SMILES string of the molecule is Cc1cc(CNCCCC(=O)O)cc(C)c1O. The first-order valence-electron chi connectivity index (χ1n) is 5.72. The fourth-order valence-corrected chi connectivity index (χ4v) is 1.74. The Balaban J connectivity index is 2.39. The summed E-state index contributed by atoms with van der Waals surface area (Å²) in [7, 11) is 0. The van der Waals surface area contributed by atoms with Gasteiger partial charge in [0.1, 0.15) is 5.75 Å². The molecule has 4 heteroatoms. The molecule has 1 aromatic rings. The lowest BCUT2D eigenvalue weighted by Gasteiger charge is -2.08. The molecule has 0 aliphatic rings. The molecule has 3 N–H and O–H groups in total. The van der Waals surface area contributed by atoms with Gasteiger partial charge >= 0.3 is 5.97 Å². The van der Waals surface area contributed by atoms with E-state index in [0.717, 1.165) is 16.7 Å². The molecule has 0 aromatic heterocycles. The number of carbonyl (C=O) groups is 1. The molecule has 0 bridgehead atoms. The summed E-state index contributed by atoms with van der Waals surface area (Å²) in [6.07, 6.45) is 0.825. The van der Waals surface area contributed by atoms with E-state index < -0.39 is 5.97 Å². The summed E-state index contributed by atoms with van der Waals surface area (Å²) in [4.78, 5) is 10.3. The van der Waals surface area contributed by atoms with Crippen LogP contribution in [0.3, 0.4) is 0 Å². The Morgan fingerprint density at radius 1 is 1.29 bits per heavy atom. The van der Waals surface area contributed by atoms with Gasteiger partial charge in [0.15, 0.2) is 0 Å². The average Bonchev–Trinajstić information content (AvgIpc) is 2.25. The molecule has 0 amide bonds. The highest BCUT2D eigenvalue weighted by Crippen LogP contribution is 2.22. The van der Waals surface area contributed by atoms with Gasteiger partial charge in [-0.05, 0) is 43.5 Å². The zero-order valence-corrected chi connectivity index (χ0v) is 10.3. The Bertz CT molecular complexity index is 379. The largest absolute Gasteiger partial charge is 0.507 e. The maximum atomic E-state index is 10.3. The van der Waals surface area contributed by atoms with Gasteiger partial charge in [-0.2, -0.15) is 0 Å².